The minimum Gasteiger partial charge on any atom is -0.494 e. The van der Waals surface area contributed by atoms with E-state index in [1.165, 1.54) is 0 Å². The molecule has 1 aliphatic rings. The molecule has 0 saturated heterocycles. The predicted molar refractivity (Wildman–Crippen MR) is 106 cm³/mol. The number of H-pyrrole nitrogens is 1. The molecule has 0 bridgehead atoms. The standard InChI is InChI=1S/C22H28N2O3/c1-14-7-5-8-16(11-14)27-10-6-9-23-21(26)20-15(2)19-17(24-20)12-22(3,4)13-18(19)25/h5,7-8,11,24H,6,9-10,12-13H2,1-4H3,(H,23,26). The highest BCUT2D eigenvalue weighted by Crippen LogP contribution is 2.36. The van der Waals surface area contributed by atoms with Gasteiger partial charge in [-0.25, -0.2) is 0 Å². The van der Waals surface area contributed by atoms with Crippen molar-refractivity contribution in [2.45, 2.75) is 47.0 Å². The third-order valence-corrected chi connectivity index (χ3v) is 4.99. The Morgan fingerprint density at radius 1 is 1.26 bits per heavy atom. The minimum atomic E-state index is -0.164. The van der Waals surface area contributed by atoms with Crippen molar-refractivity contribution < 1.29 is 14.3 Å². The molecule has 0 fully saturated rings. The molecule has 1 aromatic carbocycles. The number of nitrogens with one attached hydrogen (secondary N) is 2. The van der Waals surface area contributed by atoms with Crippen LogP contribution >= 0.6 is 0 Å². The highest BCUT2D eigenvalue weighted by atomic mass is 16.5. The molecule has 1 aliphatic carbocycles. The van der Waals surface area contributed by atoms with Crippen LogP contribution in [-0.4, -0.2) is 29.8 Å². The molecule has 3 rings (SSSR count). The van der Waals surface area contributed by atoms with E-state index in [4.69, 9.17) is 4.74 Å². The smallest absolute Gasteiger partial charge is 0.268 e. The fourth-order valence-corrected chi connectivity index (χ4v) is 3.72. The van der Waals surface area contributed by atoms with E-state index in [2.05, 4.69) is 24.1 Å². The van der Waals surface area contributed by atoms with Gasteiger partial charge in [0.05, 0.1) is 6.61 Å². The number of carbonyl (C=O) groups excluding carboxylic acids is 2. The molecular formula is C22H28N2O3. The van der Waals surface area contributed by atoms with Gasteiger partial charge in [-0.1, -0.05) is 26.0 Å². The third-order valence-electron chi connectivity index (χ3n) is 4.99. The quantitative estimate of drug-likeness (QED) is 0.758. The summed E-state index contributed by atoms with van der Waals surface area (Å²) in [5, 5.41) is 2.92. The lowest BCUT2D eigenvalue weighted by Gasteiger charge is -2.28. The van der Waals surface area contributed by atoms with Crippen LogP contribution in [0.5, 0.6) is 5.75 Å². The summed E-state index contributed by atoms with van der Waals surface area (Å²) in [6, 6.07) is 7.91. The highest BCUT2D eigenvalue weighted by molar-refractivity contribution is 6.04. The summed E-state index contributed by atoms with van der Waals surface area (Å²) >= 11 is 0. The summed E-state index contributed by atoms with van der Waals surface area (Å²) in [5.74, 6) is 0.805. The van der Waals surface area contributed by atoms with Gasteiger partial charge in [0, 0.05) is 24.2 Å². The molecule has 5 heteroatoms. The van der Waals surface area contributed by atoms with E-state index >= 15 is 0 Å². The van der Waals surface area contributed by atoms with Crippen molar-refractivity contribution in [2.75, 3.05) is 13.2 Å². The molecule has 0 unspecified atom stereocenters. The molecule has 27 heavy (non-hydrogen) atoms. The minimum absolute atomic E-state index is 0.0672. The number of carbonyl (C=O) groups is 2. The molecule has 1 amide bonds. The van der Waals surface area contributed by atoms with Gasteiger partial charge in [0.25, 0.3) is 5.91 Å². The van der Waals surface area contributed by atoms with Gasteiger partial charge in [-0.05, 0) is 55.4 Å². The zero-order valence-electron chi connectivity index (χ0n) is 16.6. The van der Waals surface area contributed by atoms with Crippen molar-refractivity contribution >= 4 is 11.7 Å². The molecule has 0 spiro atoms. The maximum absolute atomic E-state index is 12.5. The molecule has 1 aromatic heterocycles. The molecule has 0 saturated carbocycles. The topological polar surface area (TPSA) is 71.2 Å². The van der Waals surface area contributed by atoms with Crippen LogP contribution in [0.4, 0.5) is 0 Å². The number of rotatable bonds is 6. The second-order valence-electron chi connectivity index (χ2n) is 8.19. The lowest BCUT2D eigenvalue weighted by Crippen LogP contribution is -2.26. The average Bonchev–Trinajstić information content (AvgIpc) is 2.90. The van der Waals surface area contributed by atoms with Crippen molar-refractivity contribution in [3.8, 4) is 5.75 Å². The van der Waals surface area contributed by atoms with Crippen LogP contribution in [0.25, 0.3) is 0 Å². The first-order chi connectivity index (χ1) is 12.8. The summed E-state index contributed by atoms with van der Waals surface area (Å²) < 4.78 is 5.70. The van der Waals surface area contributed by atoms with Gasteiger partial charge in [-0.3, -0.25) is 9.59 Å². The van der Waals surface area contributed by atoms with E-state index in [0.717, 1.165) is 29.0 Å². The van der Waals surface area contributed by atoms with E-state index in [1.807, 2.05) is 38.1 Å². The van der Waals surface area contributed by atoms with E-state index in [9.17, 15) is 9.59 Å². The highest BCUT2D eigenvalue weighted by Gasteiger charge is 2.35. The Morgan fingerprint density at radius 3 is 2.78 bits per heavy atom. The number of Topliss-reactive ketones (excluding diaryl/α,β-unsaturated/α-hetero) is 1. The molecule has 5 nitrogen and oxygen atoms in total. The van der Waals surface area contributed by atoms with Crippen molar-refractivity contribution in [3.05, 3.63) is 52.3 Å². The summed E-state index contributed by atoms with van der Waals surface area (Å²) in [4.78, 5) is 28.2. The molecule has 0 aliphatic heterocycles. The lowest BCUT2D eigenvalue weighted by molar-refractivity contribution is 0.0909. The van der Waals surface area contributed by atoms with Gasteiger partial charge in [-0.15, -0.1) is 0 Å². The lowest BCUT2D eigenvalue weighted by atomic mass is 9.75. The molecule has 0 radical (unpaired) electrons. The van der Waals surface area contributed by atoms with Crippen molar-refractivity contribution in [3.63, 3.8) is 0 Å². The van der Waals surface area contributed by atoms with Crippen LogP contribution in [0.3, 0.4) is 0 Å². The number of hydrogen-bond donors (Lipinski definition) is 2. The van der Waals surface area contributed by atoms with Gasteiger partial charge in [-0.2, -0.15) is 0 Å². The van der Waals surface area contributed by atoms with E-state index < -0.39 is 0 Å². The summed E-state index contributed by atoms with van der Waals surface area (Å²) in [6.07, 6.45) is 2.02. The Morgan fingerprint density at radius 2 is 2.04 bits per heavy atom. The Hall–Kier alpha value is -2.56. The first kappa shape index (κ1) is 19.2. The SMILES string of the molecule is Cc1cccc(OCCCNC(=O)c2[nH]c3c(c2C)C(=O)CC(C)(C)C3)c1. The van der Waals surface area contributed by atoms with Gasteiger partial charge in [0.1, 0.15) is 11.4 Å². The van der Waals surface area contributed by atoms with Gasteiger partial charge in [0.2, 0.25) is 0 Å². The zero-order valence-corrected chi connectivity index (χ0v) is 16.6. The molecule has 1 heterocycles. The third kappa shape index (κ3) is 4.41. The van der Waals surface area contributed by atoms with Gasteiger partial charge >= 0.3 is 0 Å². The van der Waals surface area contributed by atoms with Crippen molar-refractivity contribution in [1.82, 2.24) is 10.3 Å². The van der Waals surface area contributed by atoms with Crippen LogP contribution in [0.2, 0.25) is 0 Å². The maximum Gasteiger partial charge on any atom is 0.268 e. The Kier molecular flexibility index (Phi) is 5.40. The Balaban J connectivity index is 1.54. The van der Waals surface area contributed by atoms with Crippen LogP contribution in [-0.2, 0) is 6.42 Å². The molecular weight excluding hydrogens is 340 g/mol. The van der Waals surface area contributed by atoms with Crippen molar-refractivity contribution in [2.24, 2.45) is 5.41 Å². The number of fused-ring (bicyclic) bond motifs is 1. The Bertz CT molecular complexity index is 864. The van der Waals surface area contributed by atoms with Gasteiger partial charge < -0.3 is 15.0 Å². The first-order valence-corrected chi connectivity index (χ1v) is 9.49. The van der Waals surface area contributed by atoms with Gasteiger partial charge in [0.15, 0.2) is 5.78 Å². The number of aromatic amines is 1. The van der Waals surface area contributed by atoms with Crippen LogP contribution in [0, 0.1) is 19.3 Å². The fourth-order valence-electron chi connectivity index (χ4n) is 3.72. The monoisotopic (exact) mass is 368 g/mol. The largest absolute Gasteiger partial charge is 0.494 e. The molecule has 2 aromatic rings. The maximum atomic E-state index is 12.5. The predicted octanol–water partition coefficient (Wildman–Crippen LogP) is 3.99. The number of ketones is 1. The summed E-state index contributed by atoms with van der Waals surface area (Å²) in [6.45, 7) is 9.10. The second-order valence-corrected chi connectivity index (χ2v) is 8.19. The number of aryl methyl sites for hydroxylation is 1. The first-order valence-electron chi connectivity index (χ1n) is 9.49. The number of aromatic nitrogens is 1. The van der Waals surface area contributed by atoms with Crippen LogP contribution in [0.15, 0.2) is 24.3 Å². The van der Waals surface area contributed by atoms with Crippen molar-refractivity contribution in [1.29, 1.82) is 0 Å². The number of benzene rings is 1. The normalized spacial score (nSPS) is 15.3. The molecule has 0 atom stereocenters. The number of amides is 1. The number of ether oxygens (including phenoxy) is 1. The average molecular weight is 368 g/mol. The fraction of sp³-hybridized carbons (Fsp3) is 0.455. The summed E-state index contributed by atoms with van der Waals surface area (Å²) in [7, 11) is 0. The van der Waals surface area contributed by atoms with Crippen LogP contribution < -0.4 is 10.1 Å². The van der Waals surface area contributed by atoms with E-state index in [0.29, 0.717) is 37.3 Å². The summed E-state index contributed by atoms with van der Waals surface area (Å²) in [5.41, 5.74) is 3.96. The zero-order chi connectivity index (χ0) is 19.6. The van der Waals surface area contributed by atoms with Crippen LogP contribution in [0.1, 0.15) is 64.4 Å². The number of hydrogen-bond acceptors (Lipinski definition) is 3. The van der Waals surface area contributed by atoms with E-state index in [-0.39, 0.29) is 17.1 Å². The van der Waals surface area contributed by atoms with E-state index in [1.54, 1.807) is 0 Å². The second kappa shape index (κ2) is 7.59. The molecule has 2 N–H and O–H groups in total. The Labute approximate surface area is 160 Å². The molecule has 144 valence electrons.